The van der Waals surface area contributed by atoms with E-state index in [1.54, 1.807) is 30.3 Å². The maximum absolute atomic E-state index is 10.7. The van der Waals surface area contributed by atoms with E-state index in [0.717, 1.165) is 37.7 Å². The van der Waals surface area contributed by atoms with Crippen molar-refractivity contribution in [2.24, 2.45) is 0 Å². The summed E-state index contributed by atoms with van der Waals surface area (Å²) in [5.41, 5.74) is 2.14. The smallest absolute Gasteiger partial charge is 0.158 e. The van der Waals surface area contributed by atoms with Crippen molar-refractivity contribution in [3.05, 3.63) is 53.6 Å². The Morgan fingerprint density at radius 3 is 2.62 bits per heavy atom. The van der Waals surface area contributed by atoms with Crippen LogP contribution >= 0.6 is 0 Å². The molecule has 3 rings (SSSR count). The fourth-order valence-corrected chi connectivity index (χ4v) is 2.55. The third-order valence-corrected chi connectivity index (χ3v) is 3.93. The monoisotopic (exact) mass is 322 g/mol. The number of carbonyl (C=O) groups is 1. The molecule has 1 fully saturated rings. The lowest BCUT2D eigenvalue weighted by molar-refractivity contribution is -0.168. The minimum absolute atomic E-state index is 0.154. The van der Waals surface area contributed by atoms with Crippen molar-refractivity contribution in [2.45, 2.75) is 32.2 Å². The molecular weight excluding hydrogens is 303 g/mol. The van der Waals surface area contributed by atoms with Crippen LogP contribution in [0, 0.1) is 0 Å². The van der Waals surface area contributed by atoms with Gasteiger partial charge in [0.25, 0.3) is 0 Å². The topological polar surface area (TPSA) is 44.8 Å². The molecule has 0 saturated carbocycles. The van der Waals surface area contributed by atoms with Gasteiger partial charge < -0.3 is 14.2 Å². The molecule has 0 aliphatic carbocycles. The summed E-state index contributed by atoms with van der Waals surface area (Å²) in [6.45, 7) is 1.14. The Balaban J connectivity index is 1.64. The van der Waals surface area contributed by atoms with Crippen LogP contribution in [0.2, 0.25) is 0 Å². The van der Waals surface area contributed by atoms with E-state index in [9.17, 15) is 4.79 Å². The number of ether oxygens (including phenoxy) is 3. The molecule has 1 saturated heterocycles. The van der Waals surface area contributed by atoms with Gasteiger partial charge in [0.15, 0.2) is 6.29 Å². The Morgan fingerprint density at radius 1 is 1.12 bits per heavy atom. The molecule has 1 aliphatic rings. The molecule has 5 heteroatoms. The normalized spacial score (nSPS) is 17.4. The number of benzene rings is 2. The SMILES string of the molecule is [B]c1ccc(Oc2ccc(C=O)cc2)cc1COC1CCCCO1. The van der Waals surface area contributed by atoms with Gasteiger partial charge in [0.05, 0.1) is 6.61 Å². The van der Waals surface area contributed by atoms with Gasteiger partial charge in [0.2, 0.25) is 0 Å². The molecule has 24 heavy (non-hydrogen) atoms. The zero-order valence-electron chi connectivity index (χ0n) is 13.4. The molecule has 0 bridgehead atoms. The molecule has 1 heterocycles. The maximum Gasteiger partial charge on any atom is 0.158 e. The quantitative estimate of drug-likeness (QED) is 0.605. The summed E-state index contributed by atoms with van der Waals surface area (Å²) in [6.07, 6.45) is 3.78. The van der Waals surface area contributed by atoms with Crippen molar-refractivity contribution < 1.29 is 19.0 Å². The van der Waals surface area contributed by atoms with E-state index in [-0.39, 0.29) is 6.29 Å². The first kappa shape index (κ1) is 16.7. The van der Waals surface area contributed by atoms with Gasteiger partial charge in [0.1, 0.15) is 25.6 Å². The number of aldehydes is 1. The van der Waals surface area contributed by atoms with E-state index in [1.807, 2.05) is 12.1 Å². The highest BCUT2D eigenvalue weighted by atomic mass is 16.7. The average molecular weight is 322 g/mol. The third-order valence-electron chi connectivity index (χ3n) is 3.93. The predicted octanol–water partition coefficient (Wildman–Crippen LogP) is 3.13. The lowest BCUT2D eigenvalue weighted by Gasteiger charge is -2.23. The Bertz CT molecular complexity index is 678. The van der Waals surface area contributed by atoms with Crippen LogP contribution in [0.1, 0.15) is 35.2 Å². The highest BCUT2D eigenvalue weighted by molar-refractivity contribution is 6.33. The van der Waals surface area contributed by atoms with Crippen LogP contribution < -0.4 is 10.2 Å². The maximum atomic E-state index is 10.7. The van der Waals surface area contributed by atoms with Gasteiger partial charge in [-0.3, -0.25) is 4.79 Å². The van der Waals surface area contributed by atoms with E-state index in [4.69, 9.17) is 22.1 Å². The largest absolute Gasteiger partial charge is 0.457 e. The standard InChI is InChI=1S/C19H19BO4/c20-18-9-8-17(24-16-6-4-14(12-21)5-7-16)11-15(18)13-23-19-3-1-2-10-22-19/h4-9,11-12,19H,1-3,10,13H2. The Kier molecular flexibility index (Phi) is 5.67. The number of carbonyl (C=O) groups excluding carboxylic acids is 1. The molecule has 2 aromatic carbocycles. The first-order valence-corrected chi connectivity index (χ1v) is 8.09. The van der Waals surface area contributed by atoms with Crippen molar-refractivity contribution in [3.8, 4) is 11.5 Å². The summed E-state index contributed by atoms with van der Waals surface area (Å²) in [6, 6.07) is 12.4. The Morgan fingerprint density at radius 2 is 1.92 bits per heavy atom. The molecule has 2 radical (unpaired) electrons. The van der Waals surface area contributed by atoms with Gasteiger partial charge in [0, 0.05) is 12.2 Å². The number of hydrogen-bond donors (Lipinski definition) is 0. The highest BCUT2D eigenvalue weighted by Gasteiger charge is 2.14. The van der Waals surface area contributed by atoms with Crippen LogP contribution in [0.15, 0.2) is 42.5 Å². The predicted molar refractivity (Wildman–Crippen MR) is 92.1 cm³/mol. The molecule has 0 amide bonds. The molecule has 1 unspecified atom stereocenters. The van der Waals surface area contributed by atoms with Gasteiger partial charge in [-0.25, -0.2) is 0 Å². The van der Waals surface area contributed by atoms with Crippen molar-refractivity contribution in [3.63, 3.8) is 0 Å². The summed E-state index contributed by atoms with van der Waals surface area (Å²) >= 11 is 0. The molecule has 4 nitrogen and oxygen atoms in total. The van der Waals surface area contributed by atoms with E-state index >= 15 is 0 Å². The molecular formula is C19H19BO4. The van der Waals surface area contributed by atoms with Crippen molar-refractivity contribution in [1.82, 2.24) is 0 Å². The van der Waals surface area contributed by atoms with Gasteiger partial charge >= 0.3 is 0 Å². The molecule has 1 aliphatic heterocycles. The van der Waals surface area contributed by atoms with Gasteiger partial charge in [-0.15, -0.1) is 0 Å². The van der Waals surface area contributed by atoms with Crippen LogP contribution in [-0.4, -0.2) is 27.0 Å². The second-order valence-electron chi connectivity index (χ2n) is 5.76. The molecule has 2 aromatic rings. The first-order valence-electron chi connectivity index (χ1n) is 8.09. The lowest BCUT2D eigenvalue weighted by Crippen LogP contribution is -2.23. The van der Waals surface area contributed by atoms with Gasteiger partial charge in [-0.2, -0.15) is 0 Å². The third kappa shape index (κ3) is 4.46. The average Bonchev–Trinajstić information content (AvgIpc) is 2.63. The molecule has 0 spiro atoms. The number of hydrogen-bond acceptors (Lipinski definition) is 4. The van der Waals surface area contributed by atoms with Crippen LogP contribution in [-0.2, 0) is 16.1 Å². The fraction of sp³-hybridized carbons (Fsp3) is 0.316. The number of rotatable bonds is 6. The summed E-state index contributed by atoms with van der Waals surface area (Å²) in [7, 11) is 6.02. The van der Waals surface area contributed by atoms with Crippen LogP contribution in [0.25, 0.3) is 0 Å². The van der Waals surface area contributed by atoms with Crippen LogP contribution in [0.4, 0.5) is 0 Å². The van der Waals surface area contributed by atoms with Crippen LogP contribution in [0.3, 0.4) is 0 Å². The molecule has 0 N–H and O–H groups in total. The second-order valence-corrected chi connectivity index (χ2v) is 5.76. The fourth-order valence-electron chi connectivity index (χ4n) is 2.55. The van der Waals surface area contributed by atoms with Crippen LogP contribution in [0.5, 0.6) is 11.5 Å². The highest BCUT2D eigenvalue weighted by Crippen LogP contribution is 2.23. The summed E-state index contributed by atoms with van der Waals surface area (Å²) < 4.78 is 17.2. The van der Waals surface area contributed by atoms with E-state index in [0.29, 0.717) is 29.1 Å². The second kappa shape index (κ2) is 8.13. The van der Waals surface area contributed by atoms with Crippen molar-refractivity contribution >= 4 is 19.6 Å². The summed E-state index contributed by atoms with van der Waals surface area (Å²) in [4.78, 5) is 10.7. The van der Waals surface area contributed by atoms with Gasteiger partial charge in [-0.05, 0) is 61.2 Å². The zero-order chi connectivity index (χ0) is 16.8. The summed E-state index contributed by atoms with van der Waals surface area (Å²) in [5.74, 6) is 1.33. The Hall–Kier alpha value is -2.11. The molecule has 122 valence electrons. The Labute approximate surface area is 143 Å². The zero-order valence-corrected chi connectivity index (χ0v) is 13.4. The van der Waals surface area contributed by atoms with Gasteiger partial charge in [-0.1, -0.05) is 11.5 Å². The van der Waals surface area contributed by atoms with E-state index in [2.05, 4.69) is 0 Å². The minimum atomic E-state index is -0.154. The van der Waals surface area contributed by atoms with Crippen molar-refractivity contribution in [1.29, 1.82) is 0 Å². The van der Waals surface area contributed by atoms with Crippen molar-refractivity contribution in [2.75, 3.05) is 6.61 Å². The summed E-state index contributed by atoms with van der Waals surface area (Å²) in [5, 5.41) is 0. The minimum Gasteiger partial charge on any atom is -0.457 e. The molecule has 1 atom stereocenters. The van der Waals surface area contributed by atoms with E-state index in [1.165, 1.54) is 0 Å². The van der Waals surface area contributed by atoms with E-state index < -0.39 is 0 Å². The molecule has 0 aromatic heterocycles. The first-order chi connectivity index (χ1) is 11.7. The lowest BCUT2D eigenvalue weighted by atomic mass is 9.91.